The molecule has 0 aliphatic rings. The number of carbonyl (C=O) groups is 1. The molecule has 0 saturated heterocycles. The Hall–Kier alpha value is -3.74. The molecule has 0 aliphatic carbocycles. The van der Waals surface area contributed by atoms with Gasteiger partial charge in [-0.2, -0.15) is 0 Å². The molecule has 0 saturated carbocycles. The van der Waals surface area contributed by atoms with Crippen LogP contribution in [0.2, 0.25) is 0 Å². The average Bonchev–Trinajstić information content (AvgIpc) is 3.10. The van der Waals surface area contributed by atoms with E-state index in [0.717, 1.165) is 16.7 Å². The summed E-state index contributed by atoms with van der Waals surface area (Å²) in [5, 5.41) is 0.959. The van der Waals surface area contributed by atoms with E-state index in [1.165, 1.54) is 0 Å². The summed E-state index contributed by atoms with van der Waals surface area (Å²) in [5.74, 6) is 1.04. The molecule has 0 radical (unpaired) electrons. The van der Waals surface area contributed by atoms with Crippen molar-refractivity contribution in [1.82, 2.24) is 19.5 Å². The van der Waals surface area contributed by atoms with E-state index in [4.69, 9.17) is 10.5 Å². The highest BCUT2D eigenvalue weighted by Gasteiger charge is 2.20. The van der Waals surface area contributed by atoms with Crippen LogP contribution < -0.4 is 10.5 Å². The van der Waals surface area contributed by atoms with Crippen molar-refractivity contribution in [2.24, 2.45) is 5.73 Å². The van der Waals surface area contributed by atoms with E-state index < -0.39 is 5.91 Å². The van der Waals surface area contributed by atoms with Gasteiger partial charge in [0.2, 0.25) is 0 Å². The van der Waals surface area contributed by atoms with E-state index in [1.807, 2.05) is 53.2 Å². The average molecular weight is 359 g/mol. The number of hydrogen-bond acceptors (Lipinski definition) is 5. The van der Waals surface area contributed by atoms with Gasteiger partial charge in [-0.1, -0.05) is 6.07 Å². The summed E-state index contributed by atoms with van der Waals surface area (Å²) < 4.78 is 7.11. The molecule has 0 fully saturated rings. The number of carbonyl (C=O) groups excluding carboxylic acids is 1. The van der Waals surface area contributed by atoms with Gasteiger partial charge in [0.25, 0.3) is 5.91 Å². The van der Waals surface area contributed by atoms with Crippen LogP contribution in [0.25, 0.3) is 28.2 Å². The monoisotopic (exact) mass is 359 g/mol. The normalized spacial score (nSPS) is 10.9. The minimum atomic E-state index is -0.578. The Kier molecular flexibility index (Phi) is 4.04. The van der Waals surface area contributed by atoms with E-state index in [9.17, 15) is 4.79 Å². The molecule has 7 heteroatoms. The molecule has 134 valence electrons. The summed E-state index contributed by atoms with van der Waals surface area (Å²) in [6.45, 7) is 1.74. The zero-order valence-electron chi connectivity index (χ0n) is 14.9. The van der Waals surface area contributed by atoms with Crippen molar-refractivity contribution >= 4 is 16.8 Å². The lowest BCUT2D eigenvalue weighted by molar-refractivity contribution is 0.0999. The van der Waals surface area contributed by atoms with Crippen molar-refractivity contribution in [2.75, 3.05) is 7.11 Å². The summed E-state index contributed by atoms with van der Waals surface area (Å²) in [6, 6.07) is 13.1. The van der Waals surface area contributed by atoms with Gasteiger partial charge in [0.1, 0.15) is 17.0 Å². The number of fused-ring (bicyclic) bond motifs is 1. The molecular formula is C20H17N5O2. The molecule has 1 aromatic carbocycles. The first-order valence-corrected chi connectivity index (χ1v) is 8.34. The molecule has 0 atom stereocenters. The minimum Gasteiger partial charge on any atom is -0.497 e. The van der Waals surface area contributed by atoms with Gasteiger partial charge in [-0.3, -0.25) is 9.78 Å². The molecule has 0 aliphatic heterocycles. The number of aryl methyl sites for hydroxylation is 1. The van der Waals surface area contributed by atoms with Gasteiger partial charge in [0.05, 0.1) is 18.3 Å². The maximum Gasteiger partial charge on any atom is 0.254 e. The topological polar surface area (TPSA) is 95.9 Å². The van der Waals surface area contributed by atoms with E-state index in [-0.39, 0.29) is 5.56 Å². The molecule has 3 heterocycles. The fourth-order valence-electron chi connectivity index (χ4n) is 3.06. The van der Waals surface area contributed by atoms with Crippen LogP contribution >= 0.6 is 0 Å². The van der Waals surface area contributed by atoms with E-state index in [0.29, 0.717) is 23.0 Å². The Bertz CT molecular complexity index is 1150. The van der Waals surface area contributed by atoms with E-state index in [2.05, 4.69) is 15.0 Å². The summed E-state index contributed by atoms with van der Waals surface area (Å²) in [4.78, 5) is 25.5. The number of methoxy groups -OCH3 is 1. The van der Waals surface area contributed by atoms with Crippen molar-refractivity contribution in [3.05, 3.63) is 66.1 Å². The van der Waals surface area contributed by atoms with Crippen molar-refractivity contribution in [2.45, 2.75) is 6.92 Å². The predicted octanol–water partition coefficient (Wildman–Crippen LogP) is 2.90. The molecule has 0 unspecified atom stereocenters. The molecule has 27 heavy (non-hydrogen) atoms. The second-order valence-corrected chi connectivity index (χ2v) is 6.02. The van der Waals surface area contributed by atoms with Crippen LogP contribution in [0.3, 0.4) is 0 Å². The fraction of sp³-hybridized carbons (Fsp3) is 0.100. The number of nitrogens with two attached hydrogens (primary N) is 1. The molecule has 0 bridgehead atoms. The third-order valence-electron chi connectivity index (χ3n) is 4.34. The molecule has 3 aromatic heterocycles. The Morgan fingerprint density at radius 1 is 1.15 bits per heavy atom. The Balaban J connectivity index is 1.98. The first kappa shape index (κ1) is 16.7. The van der Waals surface area contributed by atoms with E-state index in [1.54, 1.807) is 20.2 Å². The number of pyridine rings is 1. The number of amides is 1. The van der Waals surface area contributed by atoms with Crippen molar-refractivity contribution < 1.29 is 9.53 Å². The third-order valence-corrected chi connectivity index (χ3v) is 4.34. The summed E-state index contributed by atoms with van der Waals surface area (Å²) >= 11 is 0. The van der Waals surface area contributed by atoms with Crippen LogP contribution in [0.5, 0.6) is 5.75 Å². The van der Waals surface area contributed by atoms with Crippen LogP contribution in [0.4, 0.5) is 0 Å². The van der Waals surface area contributed by atoms with Gasteiger partial charge in [0.15, 0.2) is 11.6 Å². The number of hydrogen-bond donors (Lipinski definition) is 1. The first-order valence-electron chi connectivity index (χ1n) is 8.34. The Morgan fingerprint density at radius 2 is 2.00 bits per heavy atom. The number of benzene rings is 1. The number of aromatic nitrogens is 4. The Labute approximate surface area is 155 Å². The van der Waals surface area contributed by atoms with Gasteiger partial charge in [-0.25, -0.2) is 9.97 Å². The highest BCUT2D eigenvalue weighted by molar-refractivity contribution is 5.98. The lowest BCUT2D eigenvalue weighted by atomic mass is 10.2. The fourth-order valence-corrected chi connectivity index (χ4v) is 3.06. The van der Waals surface area contributed by atoms with Crippen molar-refractivity contribution in [1.29, 1.82) is 0 Å². The largest absolute Gasteiger partial charge is 0.497 e. The highest BCUT2D eigenvalue weighted by atomic mass is 16.5. The third kappa shape index (κ3) is 2.89. The maximum absolute atomic E-state index is 12.1. The molecule has 7 nitrogen and oxygen atoms in total. The van der Waals surface area contributed by atoms with Crippen LogP contribution in [0.1, 0.15) is 16.1 Å². The predicted molar refractivity (Wildman–Crippen MR) is 102 cm³/mol. The van der Waals surface area contributed by atoms with Gasteiger partial charge in [-0.15, -0.1) is 0 Å². The number of rotatable bonds is 4. The molecule has 2 N–H and O–H groups in total. The molecule has 4 aromatic rings. The Morgan fingerprint density at radius 3 is 2.70 bits per heavy atom. The van der Waals surface area contributed by atoms with Crippen LogP contribution in [-0.2, 0) is 0 Å². The summed E-state index contributed by atoms with van der Waals surface area (Å²) in [7, 11) is 1.62. The molecule has 1 amide bonds. The molecule has 4 rings (SSSR count). The van der Waals surface area contributed by atoms with Crippen LogP contribution in [-0.4, -0.2) is 32.5 Å². The van der Waals surface area contributed by atoms with Crippen molar-refractivity contribution in [3.63, 3.8) is 0 Å². The first-order chi connectivity index (χ1) is 13.1. The summed E-state index contributed by atoms with van der Waals surface area (Å²) in [6.07, 6.45) is 3.52. The van der Waals surface area contributed by atoms with Crippen molar-refractivity contribution in [3.8, 4) is 23.1 Å². The summed E-state index contributed by atoms with van der Waals surface area (Å²) in [5.41, 5.74) is 7.92. The number of nitrogens with zero attached hydrogens (tertiary/aromatic N) is 4. The smallest absolute Gasteiger partial charge is 0.254 e. The quantitative estimate of drug-likeness (QED) is 0.604. The van der Waals surface area contributed by atoms with Crippen LogP contribution in [0.15, 0.2) is 54.9 Å². The van der Waals surface area contributed by atoms with E-state index >= 15 is 0 Å². The second-order valence-electron chi connectivity index (χ2n) is 6.02. The van der Waals surface area contributed by atoms with Crippen LogP contribution in [0, 0.1) is 6.92 Å². The number of primary amides is 1. The minimum absolute atomic E-state index is 0.281. The SMILES string of the molecule is COc1ccc2c(ccn2-c2nc(-c3ccccn3)nc(C)c2C(N)=O)c1. The lowest BCUT2D eigenvalue weighted by Gasteiger charge is -2.13. The lowest BCUT2D eigenvalue weighted by Crippen LogP contribution is -2.19. The second kappa shape index (κ2) is 6.53. The van der Waals surface area contributed by atoms with Gasteiger partial charge in [0, 0.05) is 17.8 Å². The zero-order valence-corrected chi connectivity index (χ0v) is 14.9. The number of ether oxygens (including phenoxy) is 1. The maximum atomic E-state index is 12.1. The van der Waals surface area contributed by atoms with Gasteiger partial charge >= 0.3 is 0 Å². The molecule has 0 spiro atoms. The standard InChI is InChI=1S/C20H17N5O2/c1-12-17(18(21)26)20(24-19(23-12)15-5-3-4-9-22-15)25-10-8-13-11-14(27-2)6-7-16(13)25/h3-11H,1-2H3,(H2,21,26). The highest BCUT2D eigenvalue weighted by Crippen LogP contribution is 2.27. The van der Waals surface area contributed by atoms with Gasteiger partial charge < -0.3 is 15.0 Å². The zero-order chi connectivity index (χ0) is 19.0. The molecular weight excluding hydrogens is 342 g/mol. The van der Waals surface area contributed by atoms with Gasteiger partial charge in [-0.05, 0) is 43.3 Å².